The van der Waals surface area contributed by atoms with Gasteiger partial charge in [0.2, 0.25) is 0 Å². The number of unbranched alkanes of at least 4 members (excludes halogenated alkanes) is 2. The first-order valence-corrected chi connectivity index (χ1v) is 8.19. The van der Waals surface area contributed by atoms with E-state index in [1.54, 1.807) is 0 Å². The fraction of sp³-hybridized carbons (Fsp3) is 0.625. The minimum Gasteiger partial charge on any atom is -0.371 e. The maximum absolute atomic E-state index is 5.93. The third-order valence-corrected chi connectivity index (χ3v) is 4.04. The van der Waals surface area contributed by atoms with Crippen LogP contribution in [0.25, 0.3) is 0 Å². The molecule has 19 heavy (non-hydrogen) atoms. The summed E-state index contributed by atoms with van der Waals surface area (Å²) in [4.78, 5) is 2.49. The van der Waals surface area contributed by atoms with Crippen molar-refractivity contribution < 1.29 is 0 Å². The Balaban J connectivity index is 2.87. The third-order valence-electron chi connectivity index (χ3n) is 3.40. The summed E-state index contributed by atoms with van der Waals surface area (Å²) in [5, 5.41) is 0. The molecule has 0 bridgehead atoms. The number of halogens is 1. The molecular formula is C16H27BrN2. The number of benzene rings is 1. The Hall–Kier alpha value is -0.540. The highest BCUT2D eigenvalue weighted by Crippen LogP contribution is 2.29. The fourth-order valence-corrected chi connectivity index (χ4v) is 2.76. The number of rotatable bonds is 8. The van der Waals surface area contributed by atoms with Crippen LogP contribution in [0.3, 0.4) is 0 Å². The van der Waals surface area contributed by atoms with Crippen LogP contribution in [0, 0.1) is 0 Å². The average molecular weight is 327 g/mol. The van der Waals surface area contributed by atoms with Crippen LogP contribution in [-0.4, -0.2) is 13.1 Å². The van der Waals surface area contributed by atoms with Gasteiger partial charge in [-0.15, -0.1) is 0 Å². The topological polar surface area (TPSA) is 29.3 Å². The summed E-state index contributed by atoms with van der Waals surface area (Å²) < 4.78 is 1.16. The van der Waals surface area contributed by atoms with E-state index in [-0.39, 0.29) is 6.04 Å². The normalized spacial score (nSPS) is 12.5. The molecule has 2 N–H and O–H groups in total. The maximum Gasteiger partial charge on any atom is 0.0510 e. The Kier molecular flexibility index (Phi) is 7.47. The van der Waals surface area contributed by atoms with Crippen LogP contribution in [-0.2, 0) is 0 Å². The molecule has 1 aromatic rings. The smallest absolute Gasteiger partial charge is 0.0510 e. The summed E-state index contributed by atoms with van der Waals surface area (Å²) in [5.41, 5.74) is 8.41. The summed E-state index contributed by atoms with van der Waals surface area (Å²) in [6.45, 7) is 8.77. The van der Waals surface area contributed by atoms with Gasteiger partial charge in [-0.1, -0.05) is 32.8 Å². The van der Waals surface area contributed by atoms with Gasteiger partial charge in [0, 0.05) is 23.6 Å². The molecule has 3 heteroatoms. The Morgan fingerprint density at radius 3 is 2.16 bits per heavy atom. The van der Waals surface area contributed by atoms with Crippen LogP contribution in [0.4, 0.5) is 5.69 Å². The largest absolute Gasteiger partial charge is 0.371 e. The molecule has 0 saturated heterocycles. The lowest BCUT2D eigenvalue weighted by atomic mass is 10.1. The second-order valence-corrected chi connectivity index (χ2v) is 6.05. The van der Waals surface area contributed by atoms with Gasteiger partial charge in [-0.3, -0.25) is 0 Å². The summed E-state index contributed by atoms with van der Waals surface area (Å²) in [5.74, 6) is 0. The Morgan fingerprint density at radius 2 is 1.74 bits per heavy atom. The van der Waals surface area contributed by atoms with Crippen LogP contribution >= 0.6 is 15.9 Å². The van der Waals surface area contributed by atoms with E-state index < -0.39 is 0 Å². The van der Waals surface area contributed by atoms with Crippen LogP contribution in [0.5, 0.6) is 0 Å². The zero-order valence-corrected chi connectivity index (χ0v) is 14.0. The highest BCUT2D eigenvalue weighted by molar-refractivity contribution is 9.10. The van der Waals surface area contributed by atoms with Crippen LogP contribution in [0.15, 0.2) is 22.7 Å². The lowest BCUT2D eigenvalue weighted by Crippen LogP contribution is -2.26. The number of nitrogens with two attached hydrogens (primary N) is 1. The molecule has 0 aliphatic carbocycles. The second kappa shape index (κ2) is 8.60. The molecular weight excluding hydrogens is 300 g/mol. The second-order valence-electron chi connectivity index (χ2n) is 5.19. The Morgan fingerprint density at radius 1 is 1.16 bits per heavy atom. The van der Waals surface area contributed by atoms with Gasteiger partial charge in [-0.2, -0.15) is 0 Å². The van der Waals surface area contributed by atoms with Gasteiger partial charge >= 0.3 is 0 Å². The number of nitrogens with zero attached hydrogens (tertiary/aromatic N) is 1. The summed E-state index contributed by atoms with van der Waals surface area (Å²) >= 11 is 3.70. The quantitative estimate of drug-likeness (QED) is 0.738. The van der Waals surface area contributed by atoms with E-state index in [2.05, 4.69) is 52.9 Å². The van der Waals surface area contributed by atoms with E-state index in [0.717, 1.165) is 17.6 Å². The van der Waals surface area contributed by atoms with Crippen molar-refractivity contribution in [2.24, 2.45) is 5.73 Å². The molecule has 0 heterocycles. The molecule has 1 atom stereocenters. The summed E-state index contributed by atoms with van der Waals surface area (Å²) in [6.07, 6.45) is 4.95. The maximum atomic E-state index is 5.93. The first kappa shape index (κ1) is 16.5. The third kappa shape index (κ3) is 5.15. The molecule has 1 aromatic carbocycles. The molecule has 0 saturated carbocycles. The van der Waals surface area contributed by atoms with E-state index in [0.29, 0.717) is 0 Å². The first-order chi connectivity index (χ1) is 9.10. The highest BCUT2D eigenvalue weighted by atomic mass is 79.9. The lowest BCUT2D eigenvalue weighted by Gasteiger charge is -2.26. The van der Waals surface area contributed by atoms with E-state index in [1.807, 2.05) is 6.92 Å². The minimum atomic E-state index is 0.0880. The number of hydrogen-bond donors (Lipinski definition) is 1. The van der Waals surface area contributed by atoms with Crippen molar-refractivity contribution in [1.29, 1.82) is 0 Å². The van der Waals surface area contributed by atoms with Crippen molar-refractivity contribution in [3.63, 3.8) is 0 Å². The summed E-state index contributed by atoms with van der Waals surface area (Å²) in [6, 6.07) is 6.60. The molecule has 0 aliphatic heterocycles. The van der Waals surface area contributed by atoms with Crippen molar-refractivity contribution in [2.75, 3.05) is 18.0 Å². The van der Waals surface area contributed by atoms with Gasteiger partial charge in [0.25, 0.3) is 0 Å². The van der Waals surface area contributed by atoms with Crippen molar-refractivity contribution >= 4 is 21.6 Å². The molecule has 0 amide bonds. The van der Waals surface area contributed by atoms with Gasteiger partial charge in [-0.05, 0) is 53.4 Å². The van der Waals surface area contributed by atoms with E-state index in [4.69, 9.17) is 5.73 Å². The van der Waals surface area contributed by atoms with Gasteiger partial charge in [0.1, 0.15) is 0 Å². The fourth-order valence-electron chi connectivity index (χ4n) is 2.11. The molecule has 108 valence electrons. The first-order valence-electron chi connectivity index (χ1n) is 7.40. The molecule has 0 fully saturated rings. The van der Waals surface area contributed by atoms with Crippen LogP contribution in [0.2, 0.25) is 0 Å². The van der Waals surface area contributed by atoms with E-state index >= 15 is 0 Å². The van der Waals surface area contributed by atoms with Gasteiger partial charge in [0.15, 0.2) is 0 Å². The van der Waals surface area contributed by atoms with Gasteiger partial charge in [-0.25, -0.2) is 0 Å². The minimum absolute atomic E-state index is 0.0880. The molecule has 0 aliphatic rings. The SMILES string of the molecule is CCCCN(CCCC)c1ccc([C@H](C)N)cc1Br. The molecule has 1 rings (SSSR count). The van der Waals surface area contributed by atoms with Crippen molar-refractivity contribution in [3.8, 4) is 0 Å². The standard InChI is InChI=1S/C16H27BrN2/c1-4-6-10-19(11-7-5-2)16-9-8-14(13(3)18)12-15(16)17/h8-9,12-13H,4-7,10-11,18H2,1-3H3/t13-/m0/s1. The average Bonchev–Trinajstić information content (AvgIpc) is 2.39. The zero-order chi connectivity index (χ0) is 14.3. The van der Waals surface area contributed by atoms with Crippen LogP contribution < -0.4 is 10.6 Å². The van der Waals surface area contributed by atoms with Crippen LogP contribution in [0.1, 0.15) is 58.1 Å². The molecule has 0 spiro atoms. The number of hydrogen-bond acceptors (Lipinski definition) is 2. The summed E-state index contributed by atoms with van der Waals surface area (Å²) in [7, 11) is 0. The Bertz CT molecular complexity index is 369. The van der Waals surface area contributed by atoms with Gasteiger partial charge in [0.05, 0.1) is 5.69 Å². The number of anilines is 1. The molecule has 0 unspecified atom stereocenters. The van der Waals surface area contributed by atoms with Crippen molar-refractivity contribution in [2.45, 2.75) is 52.5 Å². The molecule has 0 aromatic heterocycles. The van der Waals surface area contributed by atoms with Crippen molar-refractivity contribution in [1.82, 2.24) is 0 Å². The molecule has 2 nitrogen and oxygen atoms in total. The lowest BCUT2D eigenvalue weighted by molar-refractivity contribution is 0.676. The highest BCUT2D eigenvalue weighted by Gasteiger charge is 2.11. The Labute approximate surface area is 126 Å². The van der Waals surface area contributed by atoms with E-state index in [9.17, 15) is 0 Å². The zero-order valence-electron chi connectivity index (χ0n) is 12.5. The monoisotopic (exact) mass is 326 g/mol. The van der Waals surface area contributed by atoms with E-state index in [1.165, 1.54) is 36.9 Å². The molecule has 0 radical (unpaired) electrons. The van der Waals surface area contributed by atoms with Gasteiger partial charge < -0.3 is 10.6 Å². The predicted octanol–water partition coefficient (Wildman–Crippen LogP) is 4.88. The van der Waals surface area contributed by atoms with Crippen molar-refractivity contribution in [3.05, 3.63) is 28.2 Å². The predicted molar refractivity (Wildman–Crippen MR) is 88.8 cm³/mol.